The van der Waals surface area contributed by atoms with Crippen LogP contribution in [-0.4, -0.2) is 98.3 Å². The number of hydrogen-bond acceptors (Lipinski definition) is 10. The van der Waals surface area contributed by atoms with E-state index in [1.54, 1.807) is 0 Å². The lowest BCUT2D eigenvalue weighted by molar-refractivity contribution is -0.336. The number of esters is 1. The summed E-state index contributed by atoms with van der Waals surface area (Å²) in [5.41, 5.74) is 0.0207. The number of aliphatic hydroxyl groups is 6. The molecule has 0 unspecified atom stereocenters. The fourth-order valence-electron chi connectivity index (χ4n) is 13.4. The Kier molecular flexibility index (Phi) is 9.15. The highest BCUT2D eigenvalue weighted by Crippen LogP contribution is 2.76. The first-order chi connectivity index (χ1) is 22.2. The summed E-state index contributed by atoms with van der Waals surface area (Å²) in [5.74, 6) is 0.234. The fourth-order valence-corrected chi connectivity index (χ4v) is 13.4. The molecule has 4 saturated carbocycles. The van der Waals surface area contributed by atoms with E-state index in [2.05, 4.69) is 61.5 Å². The van der Waals surface area contributed by atoms with Crippen molar-refractivity contribution in [2.75, 3.05) is 6.61 Å². The molecule has 10 heteroatoms. The van der Waals surface area contributed by atoms with Gasteiger partial charge in [-0.25, -0.2) is 0 Å². The third-order valence-corrected chi connectivity index (χ3v) is 15.5. The maximum absolute atomic E-state index is 12.6. The fraction of sp³-hybridized carbons (Fsp3) is 0.921. The number of rotatable bonds is 5. The average molecular weight is 679 g/mol. The zero-order valence-corrected chi connectivity index (χ0v) is 30.4. The lowest BCUT2D eigenvalue weighted by Gasteiger charge is -2.69. The van der Waals surface area contributed by atoms with Crippen LogP contribution in [0.25, 0.3) is 0 Å². The van der Waals surface area contributed by atoms with Crippen molar-refractivity contribution in [3.05, 3.63) is 11.6 Å². The lowest BCUT2D eigenvalue weighted by Crippen LogP contribution is -2.66. The molecule has 0 aromatic heterocycles. The first-order valence-corrected chi connectivity index (χ1v) is 18.4. The van der Waals surface area contributed by atoms with Gasteiger partial charge in [-0.05, 0) is 95.2 Å². The van der Waals surface area contributed by atoms with Gasteiger partial charge in [0.05, 0.1) is 18.8 Å². The second kappa shape index (κ2) is 12.0. The normalized spacial score (nSPS) is 54.4. The average Bonchev–Trinajstić information content (AvgIpc) is 3.20. The Labute approximate surface area is 286 Å². The topological polar surface area (TPSA) is 166 Å². The summed E-state index contributed by atoms with van der Waals surface area (Å²) in [5, 5.41) is 64.7. The van der Waals surface area contributed by atoms with Gasteiger partial charge in [0.25, 0.3) is 0 Å². The van der Waals surface area contributed by atoms with E-state index < -0.39 is 73.1 Å². The molecule has 0 spiro atoms. The molecule has 0 aromatic rings. The zero-order valence-electron chi connectivity index (χ0n) is 30.4. The smallest absolute Gasteiger partial charge is 0.302 e. The molecule has 6 rings (SSSR count). The summed E-state index contributed by atoms with van der Waals surface area (Å²) in [6, 6.07) is 0. The third kappa shape index (κ3) is 4.90. The summed E-state index contributed by atoms with van der Waals surface area (Å²) in [7, 11) is 0. The molecular formula is C38H62O10. The standard InChI is InChI=1S/C38H62O10/c1-18(2)25-27(42)29(44)31-35(25,6)14-15-37(8)21-10-11-24-34(4,5)32(48-33-30(45)28(43)26(41)23(17-39)47-33)22(46-19(3)40)16-36(24,7)20(21)12-13-38(31,37)9/h12,18,21-33,39,41-45H,10-11,13-17H2,1-9H3/t21-,22-,23-,24-,25+,26+,27+,28+,29-,30+,31+,32-,33+,35+,36+,37-,38+/m0/s1. The van der Waals surface area contributed by atoms with Crippen molar-refractivity contribution < 1.29 is 49.6 Å². The number of allylic oxidation sites excluding steroid dienone is 2. The van der Waals surface area contributed by atoms with Crippen LogP contribution < -0.4 is 0 Å². The van der Waals surface area contributed by atoms with Crippen LogP contribution in [0.15, 0.2) is 11.6 Å². The summed E-state index contributed by atoms with van der Waals surface area (Å²) in [6.45, 7) is 18.8. The molecule has 0 bridgehead atoms. The van der Waals surface area contributed by atoms with E-state index in [1.165, 1.54) is 12.5 Å². The largest absolute Gasteiger partial charge is 0.460 e. The van der Waals surface area contributed by atoms with Crippen molar-refractivity contribution in [2.24, 2.45) is 56.7 Å². The van der Waals surface area contributed by atoms with Gasteiger partial charge in [0.1, 0.15) is 36.6 Å². The maximum atomic E-state index is 12.6. The van der Waals surface area contributed by atoms with Crippen molar-refractivity contribution >= 4 is 5.97 Å². The number of carbonyl (C=O) groups is 1. The molecule has 1 saturated heterocycles. The van der Waals surface area contributed by atoms with Crippen LogP contribution >= 0.6 is 0 Å². The van der Waals surface area contributed by atoms with Crippen LogP contribution in [0.4, 0.5) is 0 Å². The Balaban J connectivity index is 1.36. The van der Waals surface area contributed by atoms with Gasteiger partial charge in [0.2, 0.25) is 0 Å². The Morgan fingerprint density at radius 2 is 1.58 bits per heavy atom. The molecule has 1 aliphatic heterocycles. The van der Waals surface area contributed by atoms with Crippen LogP contribution in [0, 0.1) is 56.7 Å². The van der Waals surface area contributed by atoms with Crippen molar-refractivity contribution in [1.29, 1.82) is 0 Å². The van der Waals surface area contributed by atoms with Crippen LogP contribution in [0.3, 0.4) is 0 Å². The minimum absolute atomic E-state index is 0.0256. The molecule has 1 heterocycles. The number of hydrogen-bond donors (Lipinski definition) is 6. The van der Waals surface area contributed by atoms with E-state index in [1.807, 2.05) is 0 Å². The predicted octanol–water partition coefficient (Wildman–Crippen LogP) is 3.33. The van der Waals surface area contributed by atoms with Gasteiger partial charge < -0.3 is 44.8 Å². The maximum Gasteiger partial charge on any atom is 0.302 e. The van der Waals surface area contributed by atoms with Gasteiger partial charge in [-0.15, -0.1) is 0 Å². The first-order valence-electron chi connectivity index (χ1n) is 18.4. The molecule has 0 aromatic carbocycles. The van der Waals surface area contributed by atoms with E-state index >= 15 is 0 Å². The molecule has 48 heavy (non-hydrogen) atoms. The lowest BCUT2D eigenvalue weighted by atomic mass is 9.35. The molecule has 5 aliphatic carbocycles. The van der Waals surface area contributed by atoms with E-state index in [0.29, 0.717) is 6.42 Å². The van der Waals surface area contributed by atoms with E-state index in [4.69, 9.17) is 14.2 Å². The second-order valence-corrected chi connectivity index (χ2v) is 18.5. The number of carbonyl (C=O) groups excluding carboxylic acids is 1. The predicted molar refractivity (Wildman–Crippen MR) is 177 cm³/mol. The van der Waals surface area contributed by atoms with Crippen LogP contribution in [0.1, 0.15) is 101 Å². The molecule has 6 N–H and O–H groups in total. The summed E-state index contributed by atoms with van der Waals surface area (Å²) >= 11 is 0. The molecule has 17 atom stereocenters. The van der Waals surface area contributed by atoms with E-state index in [0.717, 1.165) is 32.1 Å². The zero-order chi connectivity index (χ0) is 35.5. The van der Waals surface area contributed by atoms with Crippen molar-refractivity contribution in [3.63, 3.8) is 0 Å². The first kappa shape index (κ1) is 36.7. The summed E-state index contributed by atoms with van der Waals surface area (Å²) < 4.78 is 18.3. The number of ether oxygens (including phenoxy) is 3. The van der Waals surface area contributed by atoms with E-state index in [-0.39, 0.29) is 51.2 Å². The summed E-state index contributed by atoms with van der Waals surface area (Å²) in [4.78, 5) is 12.6. The van der Waals surface area contributed by atoms with Crippen LogP contribution in [-0.2, 0) is 19.0 Å². The highest BCUT2D eigenvalue weighted by molar-refractivity contribution is 5.66. The Morgan fingerprint density at radius 3 is 2.19 bits per heavy atom. The van der Waals surface area contributed by atoms with Crippen LogP contribution in [0.5, 0.6) is 0 Å². The quantitative estimate of drug-likeness (QED) is 0.144. The van der Waals surface area contributed by atoms with Crippen molar-refractivity contribution in [3.8, 4) is 0 Å². The third-order valence-electron chi connectivity index (χ3n) is 15.5. The van der Waals surface area contributed by atoms with Crippen molar-refractivity contribution in [1.82, 2.24) is 0 Å². The molecule has 10 nitrogen and oxygen atoms in total. The Morgan fingerprint density at radius 1 is 0.917 bits per heavy atom. The van der Waals surface area contributed by atoms with Gasteiger partial charge >= 0.3 is 5.97 Å². The highest BCUT2D eigenvalue weighted by atomic mass is 16.7. The molecular weight excluding hydrogens is 616 g/mol. The molecule has 6 aliphatic rings. The van der Waals surface area contributed by atoms with Gasteiger partial charge in [0.15, 0.2) is 6.29 Å². The Bertz CT molecular complexity index is 1280. The second-order valence-electron chi connectivity index (χ2n) is 18.5. The van der Waals surface area contributed by atoms with Gasteiger partial charge in [-0.1, -0.05) is 67.0 Å². The molecule has 0 amide bonds. The Hall–Kier alpha value is -1.11. The number of aliphatic hydroxyl groups excluding tert-OH is 6. The molecule has 5 fully saturated rings. The molecule has 0 radical (unpaired) electrons. The SMILES string of the molecule is CC(=O)O[C@H]1C[C@]2(C)C3=CC[C@]4(C)[C@@H]5[C@@H](O)[C@H](O)[C@@H](C(C)C)[C@@]5(C)CC[C@@]4(C)[C@H]3CC[C@H]2C(C)(C)[C@H]1O[C@H]1O[C@@H](CO)[C@@H](O)[C@@H](O)[C@H]1O. The van der Waals surface area contributed by atoms with Crippen molar-refractivity contribution in [2.45, 2.75) is 156 Å². The summed E-state index contributed by atoms with van der Waals surface area (Å²) in [6.07, 6.45) is -2.37. The highest BCUT2D eigenvalue weighted by Gasteiger charge is 2.73. The molecule has 274 valence electrons. The van der Waals surface area contributed by atoms with Crippen LogP contribution in [0.2, 0.25) is 0 Å². The van der Waals surface area contributed by atoms with E-state index in [9.17, 15) is 35.4 Å². The van der Waals surface area contributed by atoms with Gasteiger partial charge in [0, 0.05) is 6.92 Å². The minimum Gasteiger partial charge on any atom is -0.460 e. The monoisotopic (exact) mass is 678 g/mol. The minimum atomic E-state index is -1.57. The number of fused-ring (bicyclic) bond motifs is 7. The van der Waals surface area contributed by atoms with Gasteiger partial charge in [-0.2, -0.15) is 0 Å². The van der Waals surface area contributed by atoms with Gasteiger partial charge in [-0.3, -0.25) is 4.79 Å².